The smallest absolute Gasteiger partial charge is 0.00446 e. The summed E-state index contributed by atoms with van der Waals surface area (Å²) in [6.45, 7) is 2.56. The highest BCUT2D eigenvalue weighted by Gasteiger charge is 2.22. The van der Waals surface area contributed by atoms with Crippen LogP contribution in [0.3, 0.4) is 0 Å². The van der Waals surface area contributed by atoms with Gasteiger partial charge in [0, 0.05) is 6.54 Å². The van der Waals surface area contributed by atoms with Gasteiger partial charge in [-0.15, -0.1) is 0 Å². The van der Waals surface area contributed by atoms with Crippen LogP contribution in [0.2, 0.25) is 0 Å². The molecule has 12 heavy (non-hydrogen) atoms. The molecule has 1 nitrogen and oxygen atoms in total. The third-order valence-electron chi connectivity index (χ3n) is 2.96. The number of likely N-dealkylation sites (tertiary alicyclic amines) is 1. The minimum absolute atomic E-state index is 0.861. The van der Waals surface area contributed by atoms with Gasteiger partial charge in [-0.2, -0.15) is 0 Å². The SMILES string of the molecule is CN1CCC(C2=CC=CCC2)C1. The Hall–Kier alpha value is -0.560. The van der Waals surface area contributed by atoms with Gasteiger partial charge in [-0.3, -0.25) is 0 Å². The largest absolute Gasteiger partial charge is 0.306 e. The Labute approximate surface area is 74.8 Å². The minimum Gasteiger partial charge on any atom is -0.306 e. The second-order valence-corrected chi connectivity index (χ2v) is 3.96. The van der Waals surface area contributed by atoms with Gasteiger partial charge in [0.15, 0.2) is 0 Å². The third kappa shape index (κ3) is 1.61. The topological polar surface area (TPSA) is 3.24 Å². The molecule has 2 aliphatic rings. The van der Waals surface area contributed by atoms with Gasteiger partial charge in [-0.1, -0.05) is 23.8 Å². The van der Waals surface area contributed by atoms with Crippen LogP contribution in [0, 0.1) is 5.92 Å². The molecule has 66 valence electrons. The Morgan fingerprint density at radius 3 is 3.00 bits per heavy atom. The van der Waals surface area contributed by atoms with E-state index in [-0.39, 0.29) is 0 Å². The van der Waals surface area contributed by atoms with Gasteiger partial charge in [0.1, 0.15) is 0 Å². The molecule has 1 aliphatic heterocycles. The van der Waals surface area contributed by atoms with Crippen molar-refractivity contribution < 1.29 is 0 Å². The molecule has 0 radical (unpaired) electrons. The fourth-order valence-electron chi connectivity index (χ4n) is 2.20. The van der Waals surface area contributed by atoms with E-state index in [1.54, 1.807) is 5.57 Å². The number of hydrogen-bond acceptors (Lipinski definition) is 1. The maximum Gasteiger partial charge on any atom is 0.00446 e. The van der Waals surface area contributed by atoms with Gasteiger partial charge in [0.05, 0.1) is 0 Å². The van der Waals surface area contributed by atoms with Crippen molar-refractivity contribution in [1.82, 2.24) is 4.90 Å². The van der Waals surface area contributed by atoms with Gasteiger partial charge in [0.2, 0.25) is 0 Å². The van der Waals surface area contributed by atoms with E-state index in [1.807, 2.05) is 0 Å². The van der Waals surface area contributed by atoms with E-state index in [0.717, 1.165) is 5.92 Å². The van der Waals surface area contributed by atoms with Gasteiger partial charge in [-0.25, -0.2) is 0 Å². The molecule has 0 aromatic rings. The zero-order valence-corrected chi connectivity index (χ0v) is 7.79. The number of hydrogen-bond donors (Lipinski definition) is 0. The molecule has 0 spiro atoms. The molecule has 1 aliphatic carbocycles. The molecule has 1 saturated heterocycles. The van der Waals surface area contributed by atoms with Gasteiger partial charge in [0.25, 0.3) is 0 Å². The first kappa shape index (κ1) is 8.06. The third-order valence-corrected chi connectivity index (χ3v) is 2.96. The van der Waals surface area contributed by atoms with Crippen LogP contribution in [0.4, 0.5) is 0 Å². The predicted molar refractivity (Wildman–Crippen MR) is 52.1 cm³/mol. The number of nitrogens with zero attached hydrogens (tertiary/aromatic N) is 1. The molecule has 1 atom stereocenters. The van der Waals surface area contributed by atoms with Crippen molar-refractivity contribution in [1.29, 1.82) is 0 Å². The molecule has 2 rings (SSSR count). The summed E-state index contributed by atoms with van der Waals surface area (Å²) in [5.41, 5.74) is 1.68. The monoisotopic (exact) mass is 163 g/mol. The maximum absolute atomic E-state index is 2.43. The first-order chi connectivity index (χ1) is 5.86. The van der Waals surface area contributed by atoms with Gasteiger partial charge in [-0.05, 0) is 38.8 Å². The standard InChI is InChI=1S/C11H17N/c1-12-8-7-11(9-12)10-5-3-2-4-6-10/h2-3,5,11H,4,6-9H2,1H3. The second-order valence-electron chi connectivity index (χ2n) is 3.96. The highest BCUT2D eigenvalue weighted by molar-refractivity contribution is 5.21. The summed E-state index contributed by atoms with van der Waals surface area (Å²) >= 11 is 0. The normalized spacial score (nSPS) is 30.8. The average molecular weight is 163 g/mol. The van der Waals surface area contributed by atoms with E-state index in [0.29, 0.717) is 0 Å². The quantitative estimate of drug-likeness (QED) is 0.573. The summed E-state index contributed by atoms with van der Waals surface area (Å²) in [5.74, 6) is 0.861. The van der Waals surface area contributed by atoms with Crippen molar-refractivity contribution in [2.45, 2.75) is 19.3 Å². The first-order valence-corrected chi connectivity index (χ1v) is 4.90. The van der Waals surface area contributed by atoms with E-state index in [2.05, 4.69) is 30.2 Å². The van der Waals surface area contributed by atoms with Crippen LogP contribution in [0.25, 0.3) is 0 Å². The molecular weight excluding hydrogens is 146 g/mol. The predicted octanol–water partition coefficient (Wildman–Crippen LogP) is 2.21. The summed E-state index contributed by atoms with van der Waals surface area (Å²) in [6, 6.07) is 0. The van der Waals surface area contributed by atoms with Crippen LogP contribution in [-0.2, 0) is 0 Å². The summed E-state index contributed by atoms with van der Waals surface area (Å²) in [4.78, 5) is 2.43. The van der Waals surface area contributed by atoms with Gasteiger partial charge < -0.3 is 4.90 Å². The molecule has 0 N–H and O–H groups in total. The molecule has 1 unspecified atom stereocenters. The lowest BCUT2D eigenvalue weighted by Gasteiger charge is -2.16. The molecule has 1 heterocycles. The van der Waals surface area contributed by atoms with Crippen LogP contribution in [-0.4, -0.2) is 25.0 Å². The molecular formula is C11H17N. The van der Waals surface area contributed by atoms with Crippen molar-refractivity contribution >= 4 is 0 Å². The second kappa shape index (κ2) is 3.44. The fraction of sp³-hybridized carbons (Fsp3) is 0.636. The molecule has 1 fully saturated rings. The molecule has 0 aromatic heterocycles. The van der Waals surface area contributed by atoms with Crippen LogP contribution in [0.5, 0.6) is 0 Å². The van der Waals surface area contributed by atoms with E-state index in [1.165, 1.54) is 32.4 Å². The zero-order chi connectivity index (χ0) is 8.39. The highest BCUT2D eigenvalue weighted by Crippen LogP contribution is 2.27. The lowest BCUT2D eigenvalue weighted by Crippen LogP contribution is -2.15. The number of allylic oxidation sites excluding steroid dienone is 3. The van der Waals surface area contributed by atoms with Crippen LogP contribution < -0.4 is 0 Å². The summed E-state index contributed by atoms with van der Waals surface area (Å²) < 4.78 is 0. The van der Waals surface area contributed by atoms with Crippen molar-refractivity contribution in [2.24, 2.45) is 5.92 Å². The summed E-state index contributed by atoms with van der Waals surface area (Å²) in [5, 5.41) is 0. The maximum atomic E-state index is 2.43. The molecule has 1 heteroatoms. The van der Waals surface area contributed by atoms with Gasteiger partial charge >= 0.3 is 0 Å². The summed E-state index contributed by atoms with van der Waals surface area (Å²) in [7, 11) is 2.22. The zero-order valence-electron chi connectivity index (χ0n) is 7.79. The molecule has 0 bridgehead atoms. The Balaban J connectivity index is 2.00. The molecule has 0 amide bonds. The van der Waals surface area contributed by atoms with E-state index in [9.17, 15) is 0 Å². The van der Waals surface area contributed by atoms with Crippen LogP contribution in [0.15, 0.2) is 23.8 Å². The van der Waals surface area contributed by atoms with Crippen LogP contribution in [0.1, 0.15) is 19.3 Å². The Bertz CT molecular complexity index is 215. The van der Waals surface area contributed by atoms with Crippen molar-refractivity contribution in [2.75, 3.05) is 20.1 Å². The Morgan fingerprint density at radius 1 is 1.50 bits per heavy atom. The highest BCUT2D eigenvalue weighted by atomic mass is 15.1. The lowest BCUT2D eigenvalue weighted by atomic mass is 9.91. The summed E-state index contributed by atoms with van der Waals surface area (Å²) in [6.07, 6.45) is 10.7. The van der Waals surface area contributed by atoms with Crippen molar-refractivity contribution in [3.8, 4) is 0 Å². The van der Waals surface area contributed by atoms with E-state index < -0.39 is 0 Å². The first-order valence-electron chi connectivity index (χ1n) is 4.90. The van der Waals surface area contributed by atoms with E-state index >= 15 is 0 Å². The fourth-order valence-corrected chi connectivity index (χ4v) is 2.20. The van der Waals surface area contributed by atoms with Crippen LogP contribution >= 0.6 is 0 Å². The number of rotatable bonds is 1. The lowest BCUT2D eigenvalue weighted by molar-refractivity contribution is 0.403. The van der Waals surface area contributed by atoms with Crippen molar-refractivity contribution in [3.05, 3.63) is 23.8 Å². The Morgan fingerprint density at radius 2 is 2.42 bits per heavy atom. The minimum atomic E-state index is 0.861. The Kier molecular flexibility index (Phi) is 2.31. The molecule has 0 aromatic carbocycles. The molecule has 0 saturated carbocycles. The average Bonchev–Trinajstić information content (AvgIpc) is 2.54. The van der Waals surface area contributed by atoms with Crippen molar-refractivity contribution in [3.63, 3.8) is 0 Å². The van der Waals surface area contributed by atoms with E-state index in [4.69, 9.17) is 0 Å².